The van der Waals surface area contributed by atoms with E-state index in [0.717, 1.165) is 84.3 Å². The molecule has 0 amide bonds. The smallest absolute Gasteiger partial charge is 0.149 e. The minimum absolute atomic E-state index is 0.0740. The highest BCUT2D eigenvalue weighted by molar-refractivity contribution is 5.98. The lowest BCUT2D eigenvalue weighted by molar-refractivity contribution is 0.466. The number of aromatic hydroxyl groups is 1. The summed E-state index contributed by atoms with van der Waals surface area (Å²) in [4.78, 5) is 10.6. The Balaban J connectivity index is 1.19. The number of aryl methyl sites for hydroxylation is 1. The van der Waals surface area contributed by atoms with Crippen LogP contribution in [0.25, 0.3) is 83.9 Å². The molecule has 8 aromatic carbocycles. The van der Waals surface area contributed by atoms with Gasteiger partial charge in [-0.25, -0.2) is 4.98 Å². The zero-order valence-electron chi connectivity index (χ0n) is 40.7. The number of phenols is 1. The Morgan fingerprint density at radius 2 is 1.15 bits per heavy atom. The molecule has 0 radical (unpaired) electrons. The van der Waals surface area contributed by atoms with Crippen LogP contribution in [0.5, 0.6) is 5.75 Å². The number of pyridine rings is 1. The Morgan fingerprint density at radius 3 is 1.89 bits per heavy atom. The Morgan fingerprint density at radius 1 is 0.515 bits per heavy atom. The van der Waals surface area contributed by atoms with Gasteiger partial charge >= 0.3 is 0 Å². The normalized spacial score (nSPS) is 12.4. The van der Waals surface area contributed by atoms with E-state index in [1.54, 1.807) is 12.3 Å². The summed E-state index contributed by atoms with van der Waals surface area (Å²) in [7, 11) is 0. The van der Waals surface area contributed by atoms with E-state index in [9.17, 15) is 5.11 Å². The number of para-hydroxylation sites is 2. The Labute approximate surface area is 392 Å². The van der Waals surface area contributed by atoms with Gasteiger partial charge in [-0.1, -0.05) is 179 Å². The van der Waals surface area contributed by atoms with Gasteiger partial charge in [-0.3, -0.25) is 9.55 Å². The van der Waals surface area contributed by atoms with Gasteiger partial charge in [0.05, 0.1) is 28.0 Å². The van der Waals surface area contributed by atoms with Gasteiger partial charge in [0.1, 0.15) is 11.6 Å². The van der Waals surface area contributed by atoms with Crippen LogP contribution in [0.15, 0.2) is 200 Å². The standard InChI is InChI=1S/C62H53N3O/c1-40(2)48-37-54(41(3)4)61(66)55(38-48)62-64-60-53(28-18-30-59(60)65(62)58-29-16-15-27-52(58)46-24-13-8-14-25-46)50-34-49(45-22-11-7-12-23-45)35-51(36-50)57-31-42(5)56(39-63-57)47-26-17-21-44(33-47)32-43-19-9-6-10-20-43/h6-31,33-41,66H,32H2,1-5H3/i5D3. The molecular weight excluding hydrogens is 803 g/mol. The number of hydrogen-bond donors (Lipinski definition) is 1. The van der Waals surface area contributed by atoms with Crippen LogP contribution in [0.1, 0.15) is 71.5 Å². The minimum atomic E-state index is -2.42. The van der Waals surface area contributed by atoms with Crippen molar-refractivity contribution < 1.29 is 9.22 Å². The zero-order valence-corrected chi connectivity index (χ0v) is 37.7. The second-order valence-corrected chi connectivity index (χ2v) is 17.8. The van der Waals surface area contributed by atoms with Crippen molar-refractivity contribution in [3.8, 4) is 78.6 Å². The summed E-state index contributed by atoms with van der Waals surface area (Å²) in [6.45, 7) is 6.16. The van der Waals surface area contributed by atoms with Crippen molar-refractivity contribution in [1.82, 2.24) is 14.5 Å². The SMILES string of the molecule is [2H]C([2H])([2H])c1cc(-c2cc(-c3ccccc3)cc(-c3cccc4c3nc(-c3cc(C(C)C)cc(C(C)C)c3O)n4-c3ccccc3-c3ccccc3)c2)ncc1-c1cccc(Cc2ccccc2)c1. The van der Waals surface area contributed by atoms with Gasteiger partial charge < -0.3 is 5.11 Å². The van der Waals surface area contributed by atoms with E-state index in [2.05, 4.69) is 160 Å². The van der Waals surface area contributed by atoms with Crippen LogP contribution in [0.2, 0.25) is 0 Å². The monoisotopic (exact) mass is 858 g/mol. The number of phenolic OH excluding ortho intramolecular Hbond substituents is 1. The molecule has 0 bridgehead atoms. The first-order valence-corrected chi connectivity index (χ1v) is 22.8. The van der Waals surface area contributed by atoms with Crippen molar-refractivity contribution in [2.24, 2.45) is 0 Å². The van der Waals surface area contributed by atoms with Crippen molar-refractivity contribution in [3.05, 3.63) is 228 Å². The first-order valence-electron chi connectivity index (χ1n) is 24.3. The average Bonchev–Trinajstić information content (AvgIpc) is 3.76. The summed E-state index contributed by atoms with van der Waals surface area (Å²) < 4.78 is 28.6. The van der Waals surface area contributed by atoms with Crippen LogP contribution in [0, 0.1) is 6.85 Å². The molecule has 0 saturated heterocycles. The number of benzene rings is 8. The van der Waals surface area contributed by atoms with Crippen LogP contribution in [0.4, 0.5) is 0 Å². The summed E-state index contributed by atoms with van der Waals surface area (Å²) in [6, 6.07) is 65.9. The quantitative estimate of drug-likeness (QED) is 0.141. The molecule has 1 N–H and O–H groups in total. The molecule has 0 saturated carbocycles. The molecule has 0 fully saturated rings. The molecule has 0 spiro atoms. The summed E-state index contributed by atoms with van der Waals surface area (Å²) >= 11 is 0. The summed E-state index contributed by atoms with van der Waals surface area (Å²) in [5.74, 6) is 1.14. The molecule has 66 heavy (non-hydrogen) atoms. The molecule has 0 aliphatic carbocycles. The summed E-state index contributed by atoms with van der Waals surface area (Å²) in [6.07, 6.45) is 2.45. The average molecular weight is 859 g/mol. The van der Waals surface area contributed by atoms with Crippen LogP contribution >= 0.6 is 0 Å². The van der Waals surface area contributed by atoms with Crippen LogP contribution < -0.4 is 0 Å². The molecule has 0 atom stereocenters. The van der Waals surface area contributed by atoms with Gasteiger partial charge in [0, 0.05) is 32.6 Å². The Bertz CT molecular complexity index is 3470. The maximum Gasteiger partial charge on any atom is 0.149 e. The van der Waals surface area contributed by atoms with Gasteiger partial charge in [-0.15, -0.1) is 0 Å². The summed E-state index contributed by atoms with van der Waals surface area (Å²) in [5, 5.41) is 12.3. The minimum Gasteiger partial charge on any atom is -0.507 e. The molecule has 4 nitrogen and oxygen atoms in total. The van der Waals surface area contributed by atoms with E-state index >= 15 is 0 Å². The van der Waals surface area contributed by atoms with E-state index in [0.29, 0.717) is 22.6 Å². The zero-order chi connectivity index (χ0) is 47.8. The molecule has 0 unspecified atom stereocenters. The van der Waals surface area contributed by atoms with E-state index in [4.69, 9.17) is 14.1 Å². The number of rotatable bonds is 11. The third kappa shape index (κ3) is 8.23. The lowest BCUT2D eigenvalue weighted by Gasteiger charge is -2.19. The Hall–Kier alpha value is -7.82. The van der Waals surface area contributed by atoms with Crippen molar-refractivity contribution in [3.63, 3.8) is 0 Å². The molecule has 4 heteroatoms. The third-order valence-corrected chi connectivity index (χ3v) is 12.6. The first kappa shape index (κ1) is 38.6. The second-order valence-electron chi connectivity index (χ2n) is 17.8. The summed E-state index contributed by atoms with van der Waals surface area (Å²) in [5.41, 5.74) is 16.3. The highest BCUT2D eigenvalue weighted by Gasteiger charge is 2.25. The molecule has 2 heterocycles. The van der Waals surface area contributed by atoms with Crippen LogP contribution in [-0.2, 0) is 6.42 Å². The second kappa shape index (κ2) is 18.0. The predicted octanol–water partition coefficient (Wildman–Crippen LogP) is 16.3. The molecule has 322 valence electrons. The van der Waals surface area contributed by atoms with Crippen LogP contribution in [-0.4, -0.2) is 19.6 Å². The van der Waals surface area contributed by atoms with E-state index < -0.39 is 6.85 Å². The topological polar surface area (TPSA) is 50.9 Å². The van der Waals surface area contributed by atoms with Gasteiger partial charge in [0.2, 0.25) is 0 Å². The predicted molar refractivity (Wildman–Crippen MR) is 275 cm³/mol. The number of aromatic nitrogens is 3. The fraction of sp³-hybridized carbons (Fsp3) is 0.129. The molecular formula is C62H53N3O. The molecule has 10 aromatic rings. The number of imidazole rings is 1. The maximum absolute atomic E-state index is 12.3. The van der Waals surface area contributed by atoms with Gasteiger partial charge in [-0.05, 0) is 123 Å². The van der Waals surface area contributed by atoms with E-state index in [-0.39, 0.29) is 23.1 Å². The fourth-order valence-corrected chi connectivity index (χ4v) is 9.16. The van der Waals surface area contributed by atoms with Crippen molar-refractivity contribution >= 4 is 11.0 Å². The number of nitrogens with zero attached hydrogens (tertiary/aromatic N) is 3. The lowest BCUT2D eigenvalue weighted by atomic mass is 9.91. The van der Waals surface area contributed by atoms with Crippen LogP contribution in [0.3, 0.4) is 0 Å². The lowest BCUT2D eigenvalue weighted by Crippen LogP contribution is -2.03. The molecule has 10 rings (SSSR count). The van der Waals surface area contributed by atoms with Crippen molar-refractivity contribution in [1.29, 1.82) is 0 Å². The highest BCUT2D eigenvalue weighted by atomic mass is 16.3. The number of fused-ring (bicyclic) bond motifs is 1. The van der Waals surface area contributed by atoms with Gasteiger partial charge in [-0.2, -0.15) is 0 Å². The van der Waals surface area contributed by atoms with Gasteiger partial charge in [0.25, 0.3) is 0 Å². The largest absolute Gasteiger partial charge is 0.507 e. The third-order valence-electron chi connectivity index (χ3n) is 12.6. The van der Waals surface area contributed by atoms with Crippen molar-refractivity contribution in [2.45, 2.75) is 52.8 Å². The van der Waals surface area contributed by atoms with Gasteiger partial charge in [0.15, 0.2) is 0 Å². The highest BCUT2D eigenvalue weighted by Crippen LogP contribution is 2.44. The van der Waals surface area contributed by atoms with E-state index in [1.807, 2.05) is 60.7 Å². The molecule has 2 aromatic heterocycles. The first-order chi connectivity index (χ1) is 33.4. The maximum atomic E-state index is 12.3. The fourth-order valence-electron chi connectivity index (χ4n) is 9.16. The van der Waals surface area contributed by atoms with E-state index in [1.165, 1.54) is 5.56 Å². The molecule has 0 aliphatic heterocycles. The van der Waals surface area contributed by atoms with Crippen molar-refractivity contribution in [2.75, 3.05) is 0 Å². The Kier molecular flexibility index (Phi) is 10.5. The number of hydrogen-bond acceptors (Lipinski definition) is 3. The molecule has 0 aliphatic rings.